The van der Waals surface area contributed by atoms with Crippen LogP contribution >= 0.6 is 0 Å². The summed E-state index contributed by atoms with van der Waals surface area (Å²) in [6.45, 7) is 7.77. The van der Waals surface area contributed by atoms with Gasteiger partial charge in [0.2, 0.25) is 21.8 Å². The van der Waals surface area contributed by atoms with Gasteiger partial charge in [-0.05, 0) is 75.6 Å². The molecular formula is C36H42F3N5O7S. The third-order valence-corrected chi connectivity index (χ3v) is 11.6. The summed E-state index contributed by atoms with van der Waals surface area (Å²) in [5, 5.41) is 4.41. The number of rotatable bonds is 15. The van der Waals surface area contributed by atoms with Crippen LogP contribution in [0.15, 0.2) is 67.9 Å². The molecule has 0 spiro atoms. The topological polar surface area (TPSA) is 164 Å². The van der Waals surface area contributed by atoms with Gasteiger partial charge in [-0.1, -0.05) is 24.3 Å². The molecule has 3 fully saturated rings. The summed E-state index contributed by atoms with van der Waals surface area (Å²) in [6.07, 6.45) is 0.734. The number of carbonyl (C=O) groups is 4. The molecule has 5 unspecified atom stereocenters. The second-order valence-corrected chi connectivity index (χ2v) is 15.5. The van der Waals surface area contributed by atoms with Crippen molar-refractivity contribution in [1.82, 2.24) is 19.9 Å². The lowest BCUT2D eigenvalue weighted by atomic mass is 9.93. The van der Waals surface area contributed by atoms with Crippen LogP contribution in [0.5, 0.6) is 0 Å². The van der Waals surface area contributed by atoms with E-state index in [2.05, 4.69) is 33.5 Å². The summed E-state index contributed by atoms with van der Waals surface area (Å²) in [5.74, 6) is -4.64. The maximum Gasteiger partial charge on any atom is 0.416 e. The molecule has 12 nitrogen and oxygen atoms in total. The highest BCUT2D eigenvalue weighted by atomic mass is 32.2. The molecule has 3 N–H and O–H groups in total. The van der Waals surface area contributed by atoms with E-state index in [9.17, 15) is 40.8 Å². The first-order chi connectivity index (χ1) is 24.6. The first kappa shape index (κ1) is 38.5. The Hall–Kier alpha value is -4.73. The number of amides is 4. The molecule has 52 heavy (non-hydrogen) atoms. The van der Waals surface area contributed by atoms with Crippen molar-refractivity contribution in [3.05, 3.63) is 73.5 Å². The molecule has 3 aliphatic rings. The molecule has 1 aromatic heterocycles. The Balaban J connectivity index is 1.35. The van der Waals surface area contributed by atoms with E-state index in [0.717, 1.165) is 25.0 Å². The van der Waals surface area contributed by atoms with E-state index in [-0.39, 0.29) is 30.5 Å². The van der Waals surface area contributed by atoms with Crippen molar-refractivity contribution >= 4 is 39.5 Å². The van der Waals surface area contributed by atoms with Crippen LogP contribution in [0.4, 0.5) is 23.7 Å². The number of sulfonamides is 1. The van der Waals surface area contributed by atoms with Crippen LogP contribution in [0.2, 0.25) is 0 Å². The summed E-state index contributed by atoms with van der Waals surface area (Å²) in [4.78, 5) is 59.9. The van der Waals surface area contributed by atoms with Gasteiger partial charge in [-0.3, -0.25) is 29.4 Å². The third-order valence-electron chi connectivity index (χ3n) is 9.75. The summed E-state index contributed by atoms with van der Waals surface area (Å²) in [6, 6.07) is 7.65. The fourth-order valence-corrected chi connectivity index (χ4v) is 7.93. The van der Waals surface area contributed by atoms with Crippen LogP contribution in [0.1, 0.15) is 56.9 Å². The molecule has 0 radical (unpaired) electrons. The van der Waals surface area contributed by atoms with Crippen molar-refractivity contribution in [2.24, 2.45) is 17.8 Å². The fraction of sp³-hybridized carbons (Fsp3) is 0.472. The number of allylic oxidation sites excluding steroid dienone is 1. The second-order valence-electron chi connectivity index (χ2n) is 13.5. The number of aromatic nitrogens is 1. The van der Waals surface area contributed by atoms with Crippen molar-refractivity contribution in [3.8, 4) is 11.3 Å². The standard InChI is InChI=1S/C36H42F3N5O7S/c1-4-6-7-10-17-44(3)32(46)28-20-24(19-27(28)31(45)42-35(21-22(35)5-2)33(47)43-52(49,50)25-13-14-25)51-34(48)41-30-18-23(36(37,38)39)12-15-26(30)29-11-8-9-16-40-29/h4-5,8-9,11-12,15-16,18,22,24-25,27-28H,1-2,6-7,10,13-14,17,19-21H2,3H3,(H,41,48)(H,42,45)(H,43,47). The van der Waals surface area contributed by atoms with Gasteiger partial charge < -0.3 is 15.0 Å². The summed E-state index contributed by atoms with van der Waals surface area (Å²) >= 11 is 0. The van der Waals surface area contributed by atoms with Gasteiger partial charge in [0.15, 0.2) is 0 Å². The average Bonchev–Trinajstić information content (AvgIpc) is 4.03. The van der Waals surface area contributed by atoms with Crippen LogP contribution in [-0.4, -0.2) is 72.6 Å². The van der Waals surface area contributed by atoms with Gasteiger partial charge in [-0.25, -0.2) is 13.2 Å². The van der Waals surface area contributed by atoms with Crippen molar-refractivity contribution < 1.29 is 45.5 Å². The van der Waals surface area contributed by atoms with Crippen LogP contribution in [0.3, 0.4) is 0 Å². The molecule has 3 saturated carbocycles. The van der Waals surface area contributed by atoms with Gasteiger partial charge in [0.1, 0.15) is 11.6 Å². The zero-order valence-electron chi connectivity index (χ0n) is 28.7. The highest BCUT2D eigenvalue weighted by Gasteiger charge is 2.62. The van der Waals surface area contributed by atoms with Crippen molar-refractivity contribution in [2.75, 3.05) is 18.9 Å². The zero-order chi connectivity index (χ0) is 37.8. The molecule has 5 rings (SSSR count). The Morgan fingerprint density at radius 1 is 1.08 bits per heavy atom. The highest BCUT2D eigenvalue weighted by molar-refractivity contribution is 7.91. The molecule has 4 amide bonds. The molecule has 2 aromatic rings. The monoisotopic (exact) mass is 745 g/mol. The average molecular weight is 746 g/mol. The summed E-state index contributed by atoms with van der Waals surface area (Å²) in [7, 11) is -2.34. The van der Waals surface area contributed by atoms with E-state index in [1.165, 1.54) is 23.2 Å². The second kappa shape index (κ2) is 15.5. The first-order valence-electron chi connectivity index (χ1n) is 17.1. The molecule has 0 aliphatic heterocycles. The van der Waals surface area contributed by atoms with E-state index in [1.54, 1.807) is 31.3 Å². The zero-order valence-corrected chi connectivity index (χ0v) is 29.5. The Bertz CT molecular complexity index is 1820. The maximum absolute atomic E-state index is 13.9. The number of hydrogen-bond acceptors (Lipinski definition) is 8. The fourth-order valence-electron chi connectivity index (χ4n) is 6.57. The van der Waals surface area contributed by atoms with E-state index in [1.807, 2.05) is 0 Å². The molecule has 1 heterocycles. The van der Waals surface area contributed by atoms with Gasteiger partial charge in [-0.2, -0.15) is 13.2 Å². The minimum atomic E-state index is -4.71. The van der Waals surface area contributed by atoms with E-state index in [4.69, 9.17) is 4.74 Å². The number of ether oxygens (including phenoxy) is 1. The van der Waals surface area contributed by atoms with Gasteiger partial charge >= 0.3 is 12.3 Å². The Labute approximate surface area is 300 Å². The minimum Gasteiger partial charge on any atom is -0.446 e. The molecule has 16 heteroatoms. The smallest absolute Gasteiger partial charge is 0.416 e. The van der Waals surface area contributed by atoms with Crippen LogP contribution in [0, 0.1) is 17.8 Å². The van der Waals surface area contributed by atoms with Crippen molar-refractivity contribution in [1.29, 1.82) is 0 Å². The minimum absolute atomic E-state index is 0.0861. The van der Waals surface area contributed by atoms with Crippen LogP contribution in [-0.2, 0) is 35.3 Å². The highest BCUT2D eigenvalue weighted by Crippen LogP contribution is 2.46. The number of benzene rings is 1. The normalized spacial score (nSPS) is 23.9. The number of halogens is 3. The largest absolute Gasteiger partial charge is 0.446 e. The predicted molar refractivity (Wildman–Crippen MR) is 186 cm³/mol. The predicted octanol–water partition coefficient (Wildman–Crippen LogP) is 5.19. The van der Waals surface area contributed by atoms with Gasteiger partial charge in [0, 0.05) is 31.3 Å². The molecule has 5 atom stereocenters. The number of unbranched alkanes of at least 4 members (excludes halogenated alkanes) is 2. The maximum atomic E-state index is 13.9. The number of carbonyl (C=O) groups excluding carboxylic acids is 4. The summed E-state index contributed by atoms with van der Waals surface area (Å²) in [5.41, 5.74) is -2.31. The molecule has 280 valence electrons. The number of alkyl halides is 3. The molecule has 0 saturated heterocycles. The number of hydrogen-bond donors (Lipinski definition) is 3. The molecule has 0 bridgehead atoms. The van der Waals surface area contributed by atoms with E-state index >= 15 is 0 Å². The van der Waals surface area contributed by atoms with E-state index in [0.29, 0.717) is 31.5 Å². The Morgan fingerprint density at radius 3 is 2.42 bits per heavy atom. The SMILES string of the molecule is C=CCCCCN(C)C(=O)C1CC(OC(=O)Nc2cc(C(F)(F)F)ccc2-c2ccccn2)CC1C(=O)NC1(C(=O)NS(=O)(=O)C2CC2)CC1C=C. The van der Waals surface area contributed by atoms with Gasteiger partial charge in [-0.15, -0.1) is 13.2 Å². The Kier molecular flexibility index (Phi) is 11.5. The number of pyridine rings is 1. The van der Waals surface area contributed by atoms with Crippen LogP contribution in [0.25, 0.3) is 11.3 Å². The van der Waals surface area contributed by atoms with Crippen molar-refractivity contribution in [3.63, 3.8) is 0 Å². The van der Waals surface area contributed by atoms with Crippen molar-refractivity contribution in [2.45, 2.75) is 74.4 Å². The molecule has 3 aliphatic carbocycles. The number of anilines is 1. The summed E-state index contributed by atoms with van der Waals surface area (Å²) < 4.78 is 73.7. The number of nitrogens with one attached hydrogen (secondary N) is 3. The lowest BCUT2D eigenvalue weighted by Crippen LogP contribution is -2.54. The van der Waals surface area contributed by atoms with E-state index < -0.39 is 80.2 Å². The Morgan fingerprint density at radius 2 is 1.81 bits per heavy atom. The van der Waals surface area contributed by atoms with Gasteiger partial charge in [0.25, 0.3) is 5.91 Å². The van der Waals surface area contributed by atoms with Crippen LogP contribution < -0.4 is 15.4 Å². The lowest BCUT2D eigenvalue weighted by molar-refractivity contribution is -0.140. The lowest BCUT2D eigenvalue weighted by Gasteiger charge is -2.26. The van der Waals surface area contributed by atoms with Gasteiger partial charge in [0.05, 0.1) is 34.0 Å². The number of nitrogens with zero attached hydrogens (tertiary/aromatic N) is 2. The quantitative estimate of drug-likeness (QED) is 0.166. The molecule has 1 aromatic carbocycles. The third kappa shape index (κ3) is 8.82. The first-order valence-corrected chi connectivity index (χ1v) is 18.6. The molecular weight excluding hydrogens is 703 g/mol.